The zero-order valence-electron chi connectivity index (χ0n) is 15.0. The number of piperidine rings is 1. The summed E-state index contributed by atoms with van der Waals surface area (Å²) in [6.45, 7) is 3.51. The molecule has 0 spiro atoms. The number of carbonyl (C=O) groups is 1. The molecule has 1 amide bonds. The van der Waals surface area contributed by atoms with Gasteiger partial charge in [-0.05, 0) is 37.2 Å². The Kier molecular flexibility index (Phi) is 4.82. The first kappa shape index (κ1) is 17.6. The quantitative estimate of drug-likeness (QED) is 0.817. The van der Waals surface area contributed by atoms with E-state index in [1.165, 1.54) is 6.42 Å². The number of benzene rings is 1. The number of rotatable bonds is 6. The van der Waals surface area contributed by atoms with Crippen LogP contribution in [-0.4, -0.2) is 46.6 Å². The first-order valence-electron chi connectivity index (χ1n) is 9.31. The molecule has 2 heterocycles. The number of carbonyl (C=O) groups excluding carboxylic acids is 1. The van der Waals surface area contributed by atoms with Gasteiger partial charge >= 0.3 is 0 Å². The second-order valence-electron chi connectivity index (χ2n) is 7.40. The van der Waals surface area contributed by atoms with Crippen molar-refractivity contribution in [2.24, 2.45) is 17.6 Å². The van der Waals surface area contributed by atoms with Crippen LogP contribution in [0.4, 0.5) is 0 Å². The summed E-state index contributed by atoms with van der Waals surface area (Å²) in [5.41, 5.74) is 8.70. The molecule has 3 atom stereocenters. The lowest BCUT2D eigenvalue weighted by molar-refractivity contribution is 0.0707. The van der Waals surface area contributed by atoms with E-state index >= 15 is 0 Å². The second-order valence-corrected chi connectivity index (χ2v) is 8.49. The van der Waals surface area contributed by atoms with E-state index in [0.29, 0.717) is 36.9 Å². The number of amides is 1. The smallest absolute Gasteiger partial charge is 0.274 e. The Hall–Kier alpha value is -1.76. The minimum Gasteiger partial charge on any atom is -0.396 e. The van der Waals surface area contributed by atoms with E-state index in [9.17, 15) is 4.79 Å². The van der Waals surface area contributed by atoms with Crippen LogP contribution in [0.3, 0.4) is 0 Å². The van der Waals surface area contributed by atoms with Gasteiger partial charge in [0.25, 0.3) is 5.91 Å². The standard InChI is InChI=1S/C20H25N3O2S/c1-12-4-2-5-13(8-12)19-18(22-17(26-19)6-3-7-24)20(25)23-11-14-9-15(14)16(23)10-21/h2,4-5,8,14-16,24H,3,6-7,9-11,21H2,1H3/t14-,15-,16-/m1/s1. The summed E-state index contributed by atoms with van der Waals surface area (Å²) in [6.07, 6.45) is 2.56. The van der Waals surface area contributed by atoms with E-state index in [-0.39, 0.29) is 18.6 Å². The van der Waals surface area contributed by atoms with E-state index in [2.05, 4.69) is 24.0 Å². The molecule has 3 N–H and O–H groups in total. The summed E-state index contributed by atoms with van der Waals surface area (Å²) in [6, 6.07) is 8.36. The molecule has 1 saturated heterocycles. The fourth-order valence-corrected chi connectivity index (χ4v) is 5.16. The Morgan fingerprint density at radius 1 is 1.46 bits per heavy atom. The highest BCUT2D eigenvalue weighted by Crippen LogP contribution is 2.49. The van der Waals surface area contributed by atoms with E-state index < -0.39 is 0 Å². The van der Waals surface area contributed by atoms with Crippen LogP contribution in [0.5, 0.6) is 0 Å². The summed E-state index contributed by atoms with van der Waals surface area (Å²) in [5, 5.41) is 10.0. The monoisotopic (exact) mass is 371 g/mol. The molecule has 4 rings (SSSR count). The Morgan fingerprint density at radius 3 is 3.04 bits per heavy atom. The number of hydrogen-bond acceptors (Lipinski definition) is 5. The van der Waals surface area contributed by atoms with Gasteiger partial charge in [0.05, 0.1) is 9.88 Å². The second kappa shape index (κ2) is 7.10. The van der Waals surface area contributed by atoms with E-state index in [4.69, 9.17) is 10.8 Å². The molecule has 2 aliphatic rings. The van der Waals surface area contributed by atoms with Crippen LogP contribution in [0.1, 0.15) is 33.9 Å². The summed E-state index contributed by atoms with van der Waals surface area (Å²) >= 11 is 1.57. The SMILES string of the molecule is Cc1cccc(-c2sc(CCCO)nc2C(=O)N2C[C@H]3C[C@H]3[C@H]2CN)c1. The van der Waals surface area contributed by atoms with Crippen LogP contribution in [0, 0.1) is 18.8 Å². The number of aromatic nitrogens is 1. The first-order chi connectivity index (χ1) is 12.6. The van der Waals surface area contributed by atoms with Crippen molar-refractivity contribution < 1.29 is 9.90 Å². The van der Waals surface area contributed by atoms with Gasteiger partial charge in [0.1, 0.15) is 5.69 Å². The van der Waals surface area contributed by atoms with Crippen LogP contribution >= 0.6 is 11.3 Å². The van der Waals surface area contributed by atoms with Crippen molar-refractivity contribution in [2.75, 3.05) is 19.7 Å². The van der Waals surface area contributed by atoms with Crippen LogP contribution < -0.4 is 5.73 Å². The fourth-order valence-electron chi connectivity index (χ4n) is 4.07. The molecular weight excluding hydrogens is 346 g/mol. The Morgan fingerprint density at radius 2 is 2.31 bits per heavy atom. The van der Waals surface area contributed by atoms with Gasteiger partial charge in [-0.1, -0.05) is 29.8 Å². The third-order valence-corrected chi connectivity index (χ3v) is 6.67. The van der Waals surface area contributed by atoms with Gasteiger partial charge in [-0.15, -0.1) is 11.3 Å². The number of nitrogens with zero attached hydrogens (tertiary/aromatic N) is 2. The molecule has 1 aliphatic heterocycles. The van der Waals surface area contributed by atoms with Crippen LogP contribution in [0.2, 0.25) is 0 Å². The third kappa shape index (κ3) is 3.17. The van der Waals surface area contributed by atoms with Crippen LogP contribution in [0.15, 0.2) is 24.3 Å². The normalized spacial score (nSPS) is 24.0. The third-order valence-electron chi connectivity index (χ3n) is 5.51. The number of nitrogens with two attached hydrogens (primary N) is 1. The number of likely N-dealkylation sites (tertiary alicyclic amines) is 1. The zero-order chi connectivity index (χ0) is 18.3. The molecule has 1 aromatic heterocycles. The molecule has 5 nitrogen and oxygen atoms in total. The molecule has 6 heteroatoms. The predicted molar refractivity (Wildman–Crippen MR) is 103 cm³/mol. The number of thiazole rings is 1. The topological polar surface area (TPSA) is 79.5 Å². The summed E-state index contributed by atoms with van der Waals surface area (Å²) < 4.78 is 0. The Labute approximate surface area is 157 Å². The zero-order valence-corrected chi connectivity index (χ0v) is 15.8. The highest BCUT2D eigenvalue weighted by molar-refractivity contribution is 7.15. The lowest BCUT2D eigenvalue weighted by atomic mass is 10.1. The Bertz CT molecular complexity index is 819. The van der Waals surface area contributed by atoms with Crippen molar-refractivity contribution in [3.63, 3.8) is 0 Å². The number of aliphatic hydroxyl groups is 1. The lowest BCUT2D eigenvalue weighted by Crippen LogP contribution is -2.43. The van der Waals surface area contributed by atoms with Crippen molar-refractivity contribution in [3.8, 4) is 10.4 Å². The minimum absolute atomic E-state index is 0.00987. The predicted octanol–water partition coefficient (Wildman–Crippen LogP) is 2.46. The molecule has 0 bridgehead atoms. The molecule has 138 valence electrons. The minimum atomic E-state index is 0.00987. The van der Waals surface area contributed by atoms with Crippen LogP contribution in [-0.2, 0) is 6.42 Å². The van der Waals surface area contributed by atoms with Crippen molar-refractivity contribution >= 4 is 17.2 Å². The van der Waals surface area contributed by atoms with Gasteiger partial charge in [-0.25, -0.2) is 4.98 Å². The largest absolute Gasteiger partial charge is 0.396 e. The van der Waals surface area contributed by atoms with Gasteiger partial charge in [-0.2, -0.15) is 0 Å². The maximum absolute atomic E-state index is 13.3. The van der Waals surface area contributed by atoms with E-state index in [1.807, 2.05) is 17.0 Å². The van der Waals surface area contributed by atoms with E-state index in [0.717, 1.165) is 27.6 Å². The summed E-state index contributed by atoms with van der Waals surface area (Å²) in [5.74, 6) is 1.22. The number of fused-ring (bicyclic) bond motifs is 1. The van der Waals surface area contributed by atoms with Crippen molar-refractivity contribution in [1.29, 1.82) is 0 Å². The summed E-state index contributed by atoms with van der Waals surface area (Å²) in [4.78, 5) is 20.9. The number of aryl methyl sites for hydroxylation is 2. The molecule has 2 fully saturated rings. The van der Waals surface area contributed by atoms with Gasteiger partial charge in [0, 0.05) is 32.2 Å². The molecule has 0 unspecified atom stereocenters. The van der Waals surface area contributed by atoms with Gasteiger partial charge < -0.3 is 15.7 Å². The van der Waals surface area contributed by atoms with Crippen molar-refractivity contribution in [3.05, 3.63) is 40.5 Å². The molecule has 1 aromatic carbocycles. The highest BCUT2D eigenvalue weighted by Gasteiger charge is 2.53. The molecule has 0 radical (unpaired) electrons. The lowest BCUT2D eigenvalue weighted by Gasteiger charge is -2.26. The maximum atomic E-state index is 13.3. The average molecular weight is 372 g/mol. The molecule has 1 aliphatic carbocycles. The average Bonchev–Trinajstić information content (AvgIpc) is 3.13. The van der Waals surface area contributed by atoms with Crippen molar-refractivity contribution in [2.45, 2.75) is 32.2 Å². The molecule has 26 heavy (non-hydrogen) atoms. The molecule has 2 aromatic rings. The first-order valence-corrected chi connectivity index (χ1v) is 10.1. The summed E-state index contributed by atoms with van der Waals surface area (Å²) in [7, 11) is 0. The van der Waals surface area contributed by atoms with Gasteiger partial charge in [0.2, 0.25) is 0 Å². The van der Waals surface area contributed by atoms with Crippen molar-refractivity contribution in [1.82, 2.24) is 9.88 Å². The maximum Gasteiger partial charge on any atom is 0.274 e. The molecule has 1 saturated carbocycles. The van der Waals surface area contributed by atoms with Gasteiger partial charge in [0.15, 0.2) is 0 Å². The number of hydrogen-bond donors (Lipinski definition) is 2. The molecular formula is C20H25N3O2S. The van der Waals surface area contributed by atoms with Crippen LogP contribution in [0.25, 0.3) is 10.4 Å². The number of aliphatic hydroxyl groups excluding tert-OH is 1. The van der Waals surface area contributed by atoms with E-state index in [1.54, 1.807) is 11.3 Å². The fraction of sp³-hybridized carbons (Fsp3) is 0.500. The van der Waals surface area contributed by atoms with Gasteiger partial charge in [-0.3, -0.25) is 4.79 Å². The highest BCUT2D eigenvalue weighted by atomic mass is 32.1. The Balaban J connectivity index is 1.69.